The maximum absolute atomic E-state index is 12.2. The van der Waals surface area contributed by atoms with E-state index in [0.717, 1.165) is 25.2 Å². The number of rotatable bonds is 3. The van der Waals surface area contributed by atoms with Gasteiger partial charge in [-0.25, -0.2) is 4.98 Å². The van der Waals surface area contributed by atoms with Gasteiger partial charge in [-0.1, -0.05) is 6.42 Å². The van der Waals surface area contributed by atoms with Crippen LogP contribution in [0.4, 0.5) is 0 Å². The Labute approximate surface area is 102 Å². The molecule has 1 N–H and O–H groups in total. The number of imidazole rings is 1. The van der Waals surface area contributed by atoms with Crippen LogP contribution < -0.4 is 5.32 Å². The summed E-state index contributed by atoms with van der Waals surface area (Å²) in [6.07, 6.45) is 6.91. The van der Waals surface area contributed by atoms with E-state index < -0.39 is 0 Å². The molecule has 1 aliphatic rings. The molecule has 0 radical (unpaired) electrons. The molecule has 2 rings (SSSR count). The van der Waals surface area contributed by atoms with Crippen LogP contribution in [-0.4, -0.2) is 40.0 Å². The molecule has 1 atom stereocenters. The van der Waals surface area contributed by atoms with E-state index in [1.165, 1.54) is 6.42 Å². The number of likely N-dealkylation sites (N-methyl/N-ethyl adjacent to an activating group) is 1. The second-order valence-electron chi connectivity index (χ2n) is 4.65. The van der Waals surface area contributed by atoms with E-state index in [9.17, 15) is 4.79 Å². The molecule has 0 aliphatic carbocycles. The number of amides is 1. The van der Waals surface area contributed by atoms with Crippen molar-refractivity contribution in [3.8, 4) is 0 Å². The Morgan fingerprint density at radius 1 is 1.65 bits per heavy atom. The summed E-state index contributed by atoms with van der Waals surface area (Å²) in [5, 5.41) is 3.28. The fourth-order valence-corrected chi connectivity index (χ4v) is 2.17. The fraction of sp³-hybridized carbons (Fsp3) is 0.667. The molecule has 1 aromatic heterocycles. The molecular formula is C12H20N4O. The zero-order chi connectivity index (χ0) is 12.3. The van der Waals surface area contributed by atoms with Crippen LogP contribution in [-0.2, 0) is 18.4 Å². The molecule has 1 saturated heterocycles. The van der Waals surface area contributed by atoms with Crippen molar-refractivity contribution in [2.75, 3.05) is 13.6 Å². The van der Waals surface area contributed by atoms with E-state index in [2.05, 4.69) is 10.3 Å². The van der Waals surface area contributed by atoms with E-state index in [4.69, 9.17) is 0 Å². The lowest BCUT2D eigenvalue weighted by molar-refractivity contribution is -0.133. The van der Waals surface area contributed by atoms with Crippen molar-refractivity contribution in [2.24, 2.45) is 7.05 Å². The molecule has 5 heteroatoms. The van der Waals surface area contributed by atoms with Crippen LogP contribution >= 0.6 is 0 Å². The summed E-state index contributed by atoms with van der Waals surface area (Å²) in [6, 6.07) is -0.00554. The first kappa shape index (κ1) is 12.1. The van der Waals surface area contributed by atoms with E-state index in [1.54, 1.807) is 11.1 Å². The molecule has 0 unspecified atom stereocenters. The Balaban J connectivity index is 1.93. The predicted octanol–water partition coefficient (Wildman–Crippen LogP) is 0.521. The number of carbonyl (C=O) groups excluding carboxylic acids is 1. The molecule has 1 aromatic rings. The zero-order valence-corrected chi connectivity index (χ0v) is 10.5. The summed E-state index contributed by atoms with van der Waals surface area (Å²) in [5.74, 6) is 1.09. The van der Waals surface area contributed by atoms with Gasteiger partial charge < -0.3 is 14.8 Å². The van der Waals surface area contributed by atoms with Gasteiger partial charge in [0.25, 0.3) is 0 Å². The average Bonchev–Trinajstić information content (AvgIpc) is 2.75. The van der Waals surface area contributed by atoms with Gasteiger partial charge in [-0.15, -0.1) is 0 Å². The first-order chi connectivity index (χ1) is 8.18. The second-order valence-corrected chi connectivity index (χ2v) is 4.65. The van der Waals surface area contributed by atoms with Crippen molar-refractivity contribution in [1.82, 2.24) is 19.8 Å². The van der Waals surface area contributed by atoms with E-state index >= 15 is 0 Å². The van der Waals surface area contributed by atoms with Gasteiger partial charge in [0.15, 0.2) is 0 Å². The Bertz CT molecular complexity index is 382. The maximum Gasteiger partial charge on any atom is 0.239 e. The summed E-state index contributed by atoms with van der Waals surface area (Å²) < 4.78 is 1.94. The highest BCUT2D eigenvalue weighted by molar-refractivity contribution is 5.81. The zero-order valence-electron chi connectivity index (χ0n) is 10.5. The fourth-order valence-electron chi connectivity index (χ4n) is 2.17. The van der Waals surface area contributed by atoms with Gasteiger partial charge >= 0.3 is 0 Å². The lowest BCUT2D eigenvalue weighted by atomic mass is 10.0. The number of carbonyl (C=O) groups is 1. The first-order valence-electron chi connectivity index (χ1n) is 6.13. The van der Waals surface area contributed by atoms with E-state index in [-0.39, 0.29) is 11.9 Å². The molecule has 17 heavy (non-hydrogen) atoms. The largest absolute Gasteiger partial charge is 0.337 e. The number of aromatic nitrogens is 2. The quantitative estimate of drug-likeness (QED) is 0.832. The summed E-state index contributed by atoms with van der Waals surface area (Å²) in [5.41, 5.74) is 0. The van der Waals surface area contributed by atoms with Gasteiger partial charge in [0.1, 0.15) is 5.82 Å². The smallest absolute Gasteiger partial charge is 0.239 e. The molecule has 1 amide bonds. The van der Waals surface area contributed by atoms with Gasteiger partial charge in [0.2, 0.25) is 5.91 Å². The number of piperidine rings is 1. The van der Waals surface area contributed by atoms with Crippen LogP contribution in [0.15, 0.2) is 12.4 Å². The topological polar surface area (TPSA) is 50.2 Å². The van der Waals surface area contributed by atoms with Crippen LogP contribution in [0.3, 0.4) is 0 Å². The van der Waals surface area contributed by atoms with Crippen LogP contribution in [0.5, 0.6) is 0 Å². The van der Waals surface area contributed by atoms with Crippen LogP contribution in [0.1, 0.15) is 25.1 Å². The first-order valence-corrected chi connectivity index (χ1v) is 6.13. The van der Waals surface area contributed by atoms with Crippen LogP contribution in [0, 0.1) is 0 Å². The third-order valence-electron chi connectivity index (χ3n) is 3.28. The Morgan fingerprint density at radius 2 is 2.47 bits per heavy atom. The lowest BCUT2D eigenvalue weighted by Gasteiger charge is -2.27. The van der Waals surface area contributed by atoms with Crippen LogP contribution in [0.2, 0.25) is 0 Å². The lowest BCUT2D eigenvalue weighted by Crippen LogP contribution is -2.47. The molecule has 1 aliphatic heterocycles. The SMILES string of the molecule is CN(Cc1nccn1C)C(=O)[C@@H]1CCCCN1. The molecule has 94 valence electrons. The Kier molecular flexibility index (Phi) is 3.78. The summed E-state index contributed by atoms with van der Waals surface area (Å²) in [4.78, 5) is 18.1. The highest BCUT2D eigenvalue weighted by atomic mass is 16.2. The minimum atomic E-state index is -0.00554. The highest BCUT2D eigenvalue weighted by Crippen LogP contribution is 2.10. The van der Waals surface area contributed by atoms with Crippen molar-refractivity contribution in [3.05, 3.63) is 18.2 Å². The maximum atomic E-state index is 12.2. The Morgan fingerprint density at radius 3 is 3.06 bits per heavy atom. The minimum absolute atomic E-state index is 0.00554. The monoisotopic (exact) mass is 236 g/mol. The molecule has 5 nitrogen and oxygen atoms in total. The molecular weight excluding hydrogens is 216 g/mol. The van der Waals surface area contributed by atoms with Crippen LogP contribution in [0.25, 0.3) is 0 Å². The van der Waals surface area contributed by atoms with Gasteiger partial charge in [-0.3, -0.25) is 4.79 Å². The average molecular weight is 236 g/mol. The Hall–Kier alpha value is -1.36. The van der Waals surface area contributed by atoms with E-state index in [1.807, 2.05) is 24.9 Å². The predicted molar refractivity (Wildman–Crippen MR) is 65.3 cm³/mol. The number of hydrogen-bond donors (Lipinski definition) is 1. The molecule has 0 aromatic carbocycles. The molecule has 1 fully saturated rings. The van der Waals surface area contributed by atoms with E-state index in [0.29, 0.717) is 6.54 Å². The van der Waals surface area contributed by atoms with Crippen molar-refractivity contribution >= 4 is 5.91 Å². The molecule has 2 heterocycles. The molecule has 0 saturated carbocycles. The molecule has 0 spiro atoms. The number of nitrogens with one attached hydrogen (secondary N) is 1. The van der Waals surface area contributed by atoms with Crippen molar-refractivity contribution in [2.45, 2.75) is 31.8 Å². The van der Waals surface area contributed by atoms with Gasteiger partial charge in [0.05, 0.1) is 12.6 Å². The summed E-state index contributed by atoms with van der Waals surface area (Å²) in [7, 11) is 3.78. The summed E-state index contributed by atoms with van der Waals surface area (Å²) in [6.45, 7) is 1.52. The van der Waals surface area contributed by atoms with Crippen molar-refractivity contribution in [1.29, 1.82) is 0 Å². The van der Waals surface area contributed by atoms with Gasteiger partial charge in [0, 0.05) is 26.5 Å². The second kappa shape index (κ2) is 5.31. The standard InChI is InChI=1S/C12H20N4O/c1-15-8-7-14-11(15)9-16(2)12(17)10-5-3-4-6-13-10/h7-8,10,13H,3-6,9H2,1-2H3/t10-/m0/s1. The van der Waals surface area contributed by atoms with Gasteiger partial charge in [-0.05, 0) is 19.4 Å². The third kappa shape index (κ3) is 2.85. The third-order valence-corrected chi connectivity index (χ3v) is 3.28. The number of hydrogen-bond acceptors (Lipinski definition) is 3. The van der Waals surface area contributed by atoms with Crippen molar-refractivity contribution in [3.63, 3.8) is 0 Å². The highest BCUT2D eigenvalue weighted by Gasteiger charge is 2.24. The summed E-state index contributed by atoms with van der Waals surface area (Å²) >= 11 is 0. The normalized spacial score (nSPS) is 20.2. The van der Waals surface area contributed by atoms with Gasteiger partial charge in [-0.2, -0.15) is 0 Å². The van der Waals surface area contributed by atoms with Crippen molar-refractivity contribution < 1.29 is 4.79 Å². The minimum Gasteiger partial charge on any atom is -0.337 e. The number of aryl methyl sites for hydroxylation is 1. The number of nitrogens with zero attached hydrogens (tertiary/aromatic N) is 3. The molecule has 0 bridgehead atoms.